The maximum atomic E-state index is 13.0. The Bertz CT molecular complexity index is 945. The van der Waals surface area contributed by atoms with Crippen molar-refractivity contribution >= 4 is 35.2 Å². The highest BCUT2D eigenvalue weighted by Crippen LogP contribution is 2.36. The van der Waals surface area contributed by atoms with Gasteiger partial charge < -0.3 is 9.84 Å². The Balaban J connectivity index is 2.13. The summed E-state index contributed by atoms with van der Waals surface area (Å²) in [5, 5.41) is 10.2. The number of esters is 1. The van der Waals surface area contributed by atoms with Crippen molar-refractivity contribution in [3.63, 3.8) is 0 Å². The van der Waals surface area contributed by atoms with Crippen LogP contribution in [0.3, 0.4) is 0 Å². The van der Waals surface area contributed by atoms with Crippen molar-refractivity contribution in [3.05, 3.63) is 76.0 Å². The molecule has 0 atom stereocenters. The number of allylic oxidation sites excluding steroid dienone is 1. The number of phenolic OH excluding ortho intramolecular Hbond substituents is 1. The molecule has 2 aromatic carbocycles. The van der Waals surface area contributed by atoms with Crippen molar-refractivity contribution in [2.45, 2.75) is 6.92 Å². The number of amides is 1. The van der Waals surface area contributed by atoms with Crippen LogP contribution in [0.15, 0.2) is 65.4 Å². The highest BCUT2D eigenvalue weighted by atomic mass is 35.5. The topological polar surface area (TPSA) is 66.8 Å². The molecule has 0 bridgehead atoms. The lowest BCUT2D eigenvalue weighted by Gasteiger charge is -2.17. The molecule has 0 aromatic heterocycles. The summed E-state index contributed by atoms with van der Waals surface area (Å²) in [4.78, 5) is 26.8. The lowest BCUT2D eigenvalue weighted by Crippen LogP contribution is -2.24. The van der Waals surface area contributed by atoms with Gasteiger partial charge in [-0.3, -0.25) is 9.69 Å². The van der Waals surface area contributed by atoms with Crippen LogP contribution in [0.1, 0.15) is 12.5 Å². The third-order valence-electron chi connectivity index (χ3n) is 4.06. The van der Waals surface area contributed by atoms with Crippen LogP contribution in [0.5, 0.6) is 5.75 Å². The minimum atomic E-state index is -0.598. The summed E-state index contributed by atoms with van der Waals surface area (Å²) in [6, 6.07) is 13.2. The van der Waals surface area contributed by atoms with Gasteiger partial charge in [-0.2, -0.15) is 0 Å². The number of ether oxygens (including phenoxy) is 1. The SMILES string of the molecule is COC(=O)C1=C(C)N(c2ccc(Cl)cc2)C(=O)/C1=C\c1cccc(O)c1. The molecule has 2 aromatic rings. The van der Waals surface area contributed by atoms with Gasteiger partial charge in [0.25, 0.3) is 5.91 Å². The summed E-state index contributed by atoms with van der Waals surface area (Å²) in [5.41, 5.74) is 2.05. The number of carbonyl (C=O) groups excluding carboxylic acids is 2. The third kappa shape index (κ3) is 3.21. The van der Waals surface area contributed by atoms with E-state index in [0.717, 1.165) is 0 Å². The molecule has 0 saturated heterocycles. The maximum Gasteiger partial charge on any atom is 0.340 e. The van der Waals surface area contributed by atoms with E-state index in [9.17, 15) is 14.7 Å². The molecule has 0 fully saturated rings. The normalized spacial score (nSPS) is 15.7. The number of methoxy groups -OCH3 is 1. The fourth-order valence-electron chi connectivity index (χ4n) is 2.86. The fourth-order valence-corrected chi connectivity index (χ4v) is 2.99. The highest BCUT2D eigenvalue weighted by Gasteiger charge is 2.37. The van der Waals surface area contributed by atoms with E-state index in [1.165, 1.54) is 24.1 Å². The summed E-state index contributed by atoms with van der Waals surface area (Å²) >= 11 is 5.92. The number of hydrogen-bond acceptors (Lipinski definition) is 4. The maximum absolute atomic E-state index is 13.0. The standard InChI is InChI=1S/C20H16ClNO4/c1-12-18(20(25)26-2)17(11-13-4-3-5-16(23)10-13)19(24)22(12)15-8-6-14(21)7-9-15/h3-11,23H,1-2H3/b17-11-. The van der Waals surface area contributed by atoms with E-state index in [4.69, 9.17) is 16.3 Å². The number of aromatic hydroxyl groups is 1. The Morgan fingerprint density at radius 2 is 1.88 bits per heavy atom. The van der Waals surface area contributed by atoms with Crippen molar-refractivity contribution in [3.8, 4) is 5.75 Å². The number of benzene rings is 2. The molecule has 26 heavy (non-hydrogen) atoms. The number of carbonyl (C=O) groups is 2. The van der Waals surface area contributed by atoms with Crippen LogP contribution in [0.4, 0.5) is 5.69 Å². The molecule has 1 aliphatic rings. The van der Waals surface area contributed by atoms with Gasteiger partial charge in [-0.1, -0.05) is 23.7 Å². The summed E-state index contributed by atoms with van der Waals surface area (Å²) in [6.45, 7) is 1.68. The van der Waals surface area contributed by atoms with E-state index in [0.29, 0.717) is 22.0 Å². The molecule has 5 nitrogen and oxygen atoms in total. The first-order valence-corrected chi connectivity index (χ1v) is 8.20. The van der Waals surface area contributed by atoms with Crippen LogP contribution >= 0.6 is 11.6 Å². The van der Waals surface area contributed by atoms with E-state index in [1.54, 1.807) is 49.4 Å². The number of nitrogens with zero attached hydrogens (tertiary/aromatic N) is 1. The first-order valence-electron chi connectivity index (χ1n) is 7.82. The second-order valence-corrected chi connectivity index (χ2v) is 6.16. The number of rotatable bonds is 3. The largest absolute Gasteiger partial charge is 0.508 e. The van der Waals surface area contributed by atoms with Gasteiger partial charge in [-0.25, -0.2) is 4.79 Å². The average Bonchev–Trinajstić information content (AvgIpc) is 2.86. The van der Waals surface area contributed by atoms with Crippen LogP contribution < -0.4 is 4.90 Å². The third-order valence-corrected chi connectivity index (χ3v) is 4.31. The summed E-state index contributed by atoms with van der Waals surface area (Å²) in [7, 11) is 1.27. The van der Waals surface area contributed by atoms with Crippen LogP contribution in [-0.2, 0) is 14.3 Å². The first-order chi connectivity index (χ1) is 12.4. The quantitative estimate of drug-likeness (QED) is 0.657. The number of anilines is 1. The average molecular weight is 370 g/mol. The van der Waals surface area contributed by atoms with Gasteiger partial charge in [0, 0.05) is 16.4 Å². The lowest BCUT2D eigenvalue weighted by atomic mass is 10.0. The molecule has 3 rings (SSSR count). The Morgan fingerprint density at radius 3 is 2.50 bits per heavy atom. The second-order valence-electron chi connectivity index (χ2n) is 5.72. The summed E-state index contributed by atoms with van der Waals surface area (Å²) in [6.07, 6.45) is 1.56. The van der Waals surface area contributed by atoms with Crippen molar-refractivity contribution in [2.75, 3.05) is 12.0 Å². The Morgan fingerprint density at radius 1 is 1.19 bits per heavy atom. The van der Waals surface area contributed by atoms with Gasteiger partial charge in [-0.05, 0) is 55.0 Å². The molecular formula is C20H16ClNO4. The molecule has 0 aliphatic carbocycles. The van der Waals surface area contributed by atoms with Crippen molar-refractivity contribution in [2.24, 2.45) is 0 Å². The van der Waals surface area contributed by atoms with Crippen molar-refractivity contribution in [1.82, 2.24) is 0 Å². The van der Waals surface area contributed by atoms with Gasteiger partial charge in [0.05, 0.1) is 18.3 Å². The smallest absolute Gasteiger partial charge is 0.340 e. The zero-order chi connectivity index (χ0) is 18.8. The van der Waals surface area contributed by atoms with Gasteiger partial charge in [0.2, 0.25) is 0 Å². The minimum absolute atomic E-state index is 0.0691. The summed E-state index contributed by atoms with van der Waals surface area (Å²) < 4.78 is 4.86. The molecule has 1 N–H and O–H groups in total. The Hall–Kier alpha value is -3.05. The zero-order valence-corrected chi connectivity index (χ0v) is 14.9. The molecule has 6 heteroatoms. The van der Waals surface area contributed by atoms with Crippen LogP contribution in [-0.4, -0.2) is 24.1 Å². The van der Waals surface area contributed by atoms with Gasteiger partial charge in [0.1, 0.15) is 5.75 Å². The van der Waals surface area contributed by atoms with E-state index < -0.39 is 5.97 Å². The summed E-state index contributed by atoms with van der Waals surface area (Å²) in [5.74, 6) is -0.882. The van der Waals surface area contributed by atoms with Gasteiger partial charge in [0.15, 0.2) is 0 Å². The van der Waals surface area contributed by atoms with Crippen LogP contribution in [0, 0.1) is 0 Å². The van der Waals surface area contributed by atoms with E-state index in [1.807, 2.05) is 0 Å². The molecule has 132 valence electrons. The van der Waals surface area contributed by atoms with Crippen LogP contribution in [0.2, 0.25) is 5.02 Å². The molecule has 1 amide bonds. The van der Waals surface area contributed by atoms with Gasteiger partial charge >= 0.3 is 5.97 Å². The first kappa shape index (κ1) is 17.8. The van der Waals surface area contributed by atoms with Crippen molar-refractivity contribution in [1.29, 1.82) is 0 Å². The monoisotopic (exact) mass is 369 g/mol. The van der Waals surface area contributed by atoms with Crippen LogP contribution in [0.25, 0.3) is 6.08 Å². The predicted octanol–water partition coefficient (Wildman–Crippen LogP) is 3.92. The predicted molar refractivity (Wildman–Crippen MR) is 99.7 cm³/mol. The highest BCUT2D eigenvalue weighted by molar-refractivity contribution is 6.30. The van der Waals surface area contributed by atoms with E-state index in [-0.39, 0.29) is 22.8 Å². The molecule has 0 saturated carbocycles. The molecule has 0 unspecified atom stereocenters. The molecule has 1 aliphatic heterocycles. The number of phenols is 1. The zero-order valence-electron chi connectivity index (χ0n) is 14.2. The molecule has 0 spiro atoms. The minimum Gasteiger partial charge on any atom is -0.508 e. The number of halogens is 1. The Kier molecular flexibility index (Phi) is 4.82. The van der Waals surface area contributed by atoms with Gasteiger partial charge in [-0.15, -0.1) is 0 Å². The molecule has 1 heterocycles. The second kappa shape index (κ2) is 7.06. The van der Waals surface area contributed by atoms with E-state index in [2.05, 4.69) is 0 Å². The molecule has 0 radical (unpaired) electrons. The molecular weight excluding hydrogens is 354 g/mol. The van der Waals surface area contributed by atoms with Crippen molar-refractivity contribution < 1.29 is 19.4 Å². The lowest BCUT2D eigenvalue weighted by molar-refractivity contribution is -0.136. The Labute approximate surface area is 155 Å². The van der Waals surface area contributed by atoms with E-state index >= 15 is 0 Å². The fraction of sp³-hybridized carbons (Fsp3) is 0.100. The number of hydrogen-bond donors (Lipinski definition) is 1.